The Morgan fingerprint density at radius 3 is 2.74 bits per heavy atom. The molecule has 1 saturated heterocycles. The van der Waals surface area contributed by atoms with Crippen LogP contribution in [0.5, 0.6) is 11.5 Å². The van der Waals surface area contributed by atoms with E-state index in [2.05, 4.69) is 21.3 Å². The van der Waals surface area contributed by atoms with E-state index < -0.39 is 0 Å². The number of azo groups is 1. The van der Waals surface area contributed by atoms with Crippen molar-refractivity contribution in [3.05, 3.63) is 46.6 Å². The van der Waals surface area contributed by atoms with Gasteiger partial charge in [0.2, 0.25) is 0 Å². The summed E-state index contributed by atoms with van der Waals surface area (Å²) in [5.41, 5.74) is 2.63. The molecule has 0 bridgehead atoms. The Balaban J connectivity index is 1.69. The van der Waals surface area contributed by atoms with Crippen molar-refractivity contribution < 1.29 is 23.7 Å². The molecule has 1 aromatic carbocycles. The second-order valence-corrected chi connectivity index (χ2v) is 7.56. The van der Waals surface area contributed by atoms with Gasteiger partial charge in [0.15, 0.2) is 23.9 Å². The van der Waals surface area contributed by atoms with E-state index in [1.807, 2.05) is 26.0 Å². The van der Waals surface area contributed by atoms with Crippen molar-refractivity contribution in [1.82, 2.24) is 9.88 Å². The molecular weight excluding hydrogens is 438 g/mol. The highest BCUT2D eigenvalue weighted by atomic mass is 16.5. The van der Waals surface area contributed by atoms with Crippen molar-refractivity contribution in [2.75, 3.05) is 46.6 Å². The quantitative estimate of drug-likeness (QED) is 0.492. The number of carbonyl (C=O) groups excluding carboxylic acids is 1. The highest BCUT2D eigenvalue weighted by Gasteiger charge is 2.18. The molecule has 0 spiro atoms. The molecule has 180 valence electrons. The number of aryl methyl sites for hydroxylation is 1. The standard InChI is InChI=1S/C24H29N5O5/c1-4-33-22-12-18(5-6-21(22)34-16-23(30)29-7-9-32-10-8-29)14-26-28-24-20(13-25)19(15-31-3)11-17(2)27-24/h5-6,11-12H,4,7-10,14-16H2,1-3H3. The average molecular weight is 468 g/mol. The Labute approximate surface area is 199 Å². The second-order valence-electron chi connectivity index (χ2n) is 7.56. The van der Waals surface area contributed by atoms with E-state index in [9.17, 15) is 10.1 Å². The fourth-order valence-electron chi connectivity index (χ4n) is 3.45. The van der Waals surface area contributed by atoms with Gasteiger partial charge < -0.3 is 23.8 Å². The molecule has 1 amide bonds. The highest BCUT2D eigenvalue weighted by molar-refractivity contribution is 5.78. The van der Waals surface area contributed by atoms with E-state index in [-0.39, 0.29) is 24.9 Å². The summed E-state index contributed by atoms with van der Waals surface area (Å²) in [6.45, 7) is 6.85. The van der Waals surface area contributed by atoms with Crippen molar-refractivity contribution in [3.8, 4) is 17.6 Å². The van der Waals surface area contributed by atoms with Crippen molar-refractivity contribution >= 4 is 11.7 Å². The van der Waals surface area contributed by atoms with Gasteiger partial charge in [0.05, 0.1) is 33.0 Å². The number of nitriles is 1. The Kier molecular flexibility index (Phi) is 9.31. The number of methoxy groups -OCH3 is 1. The molecule has 1 fully saturated rings. The van der Waals surface area contributed by atoms with Crippen LogP contribution in [0.25, 0.3) is 0 Å². The number of benzene rings is 1. The Bertz CT molecular complexity index is 1060. The van der Waals surface area contributed by atoms with E-state index in [1.54, 1.807) is 24.1 Å². The summed E-state index contributed by atoms with van der Waals surface area (Å²) in [6, 6.07) is 9.33. The lowest BCUT2D eigenvalue weighted by atomic mass is 10.1. The third-order valence-electron chi connectivity index (χ3n) is 5.06. The summed E-state index contributed by atoms with van der Waals surface area (Å²) in [5.74, 6) is 1.19. The first-order chi connectivity index (χ1) is 16.5. The van der Waals surface area contributed by atoms with Gasteiger partial charge in [-0.15, -0.1) is 5.11 Å². The fraction of sp³-hybridized carbons (Fsp3) is 0.458. The summed E-state index contributed by atoms with van der Waals surface area (Å²) in [6.07, 6.45) is 0. The SMILES string of the molecule is CCOc1cc(CN=Nc2nc(C)cc(COC)c2C#N)ccc1OCC(=O)N1CCOCC1. The maximum atomic E-state index is 12.4. The van der Waals surface area contributed by atoms with Crippen LogP contribution in [-0.2, 0) is 27.4 Å². The summed E-state index contributed by atoms with van der Waals surface area (Å²) in [4.78, 5) is 18.4. The zero-order valence-electron chi connectivity index (χ0n) is 19.7. The van der Waals surface area contributed by atoms with Gasteiger partial charge in [-0.1, -0.05) is 6.07 Å². The lowest BCUT2D eigenvalue weighted by Crippen LogP contribution is -2.43. The zero-order chi connectivity index (χ0) is 24.3. The average Bonchev–Trinajstić information content (AvgIpc) is 2.84. The van der Waals surface area contributed by atoms with Crippen LogP contribution in [0, 0.1) is 18.3 Å². The fourth-order valence-corrected chi connectivity index (χ4v) is 3.45. The first kappa shape index (κ1) is 25.1. The molecule has 0 aliphatic carbocycles. The molecule has 1 aliphatic heterocycles. The molecule has 10 heteroatoms. The Hall–Kier alpha value is -3.55. The number of pyridine rings is 1. The Morgan fingerprint density at radius 1 is 1.24 bits per heavy atom. The van der Waals surface area contributed by atoms with Gasteiger partial charge in [-0.05, 0) is 37.6 Å². The van der Waals surface area contributed by atoms with Crippen LogP contribution in [0.4, 0.5) is 5.82 Å². The van der Waals surface area contributed by atoms with Crippen molar-refractivity contribution in [2.45, 2.75) is 27.0 Å². The number of rotatable bonds is 10. The zero-order valence-corrected chi connectivity index (χ0v) is 19.7. The second kappa shape index (κ2) is 12.6. The van der Waals surface area contributed by atoms with E-state index in [1.165, 1.54) is 0 Å². The molecular formula is C24H29N5O5. The number of aromatic nitrogens is 1. The largest absolute Gasteiger partial charge is 0.490 e. The predicted molar refractivity (Wildman–Crippen MR) is 123 cm³/mol. The molecule has 0 unspecified atom stereocenters. The number of amides is 1. The third kappa shape index (κ3) is 6.73. The van der Waals surface area contributed by atoms with E-state index in [0.717, 1.165) is 16.8 Å². The normalized spacial score (nSPS) is 13.6. The summed E-state index contributed by atoms with van der Waals surface area (Å²) < 4.78 is 21.9. The van der Waals surface area contributed by atoms with Crippen molar-refractivity contribution in [2.24, 2.45) is 10.2 Å². The van der Waals surface area contributed by atoms with Gasteiger partial charge in [0.1, 0.15) is 11.6 Å². The molecule has 2 aromatic rings. The molecule has 2 heterocycles. The topological polar surface area (TPSA) is 119 Å². The van der Waals surface area contributed by atoms with Crippen LogP contribution >= 0.6 is 0 Å². The maximum Gasteiger partial charge on any atom is 0.260 e. The first-order valence-electron chi connectivity index (χ1n) is 11.1. The highest BCUT2D eigenvalue weighted by Crippen LogP contribution is 2.29. The minimum Gasteiger partial charge on any atom is -0.490 e. The molecule has 10 nitrogen and oxygen atoms in total. The lowest BCUT2D eigenvalue weighted by molar-refractivity contribution is -0.137. The van der Waals surface area contributed by atoms with Crippen LogP contribution in [0.2, 0.25) is 0 Å². The summed E-state index contributed by atoms with van der Waals surface area (Å²) in [5, 5.41) is 17.9. The number of hydrogen-bond donors (Lipinski definition) is 0. The van der Waals surface area contributed by atoms with Crippen LogP contribution in [-0.4, -0.2) is 62.4 Å². The van der Waals surface area contributed by atoms with Gasteiger partial charge >= 0.3 is 0 Å². The minimum atomic E-state index is -0.0876. The molecule has 0 atom stereocenters. The van der Waals surface area contributed by atoms with Crippen LogP contribution in [0.15, 0.2) is 34.5 Å². The summed E-state index contributed by atoms with van der Waals surface area (Å²) >= 11 is 0. The molecule has 3 rings (SSSR count). The smallest absolute Gasteiger partial charge is 0.260 e. The third-order valence-corrected chi connectivity index (χ3v) is 5.06. The van der Waals surface area contributed by atoms with Gasteiger partial charge in [-0.3, -0.25) is 4.79 Å². The molecule has 0 N–H and O–H groups in total. The number of carbonyl (C=O) groups is 1. The van der Waals surface area contributed by atoms with E-state index >= 15 is 0 Å². The van der Waals surface area contributed by atoms with Crippen molar-refractivity contribution in [1.29, 1.82) is 5.26 Å². The predicted octanol–water partition coefficient (Wildman–Crippen LogP) is 3.33. The van der Waals surface area contributed by atoms with Crippen LogP contribution in [0.1, 0.15) is 29.3 Å². The number of morpholine rings is 1. The van der Waals surface area contributed by atoms with Gasteiger partial charge in [0, 0.05) is 31.5 Å². The molecule has 0 radical (unpaired) electrons. The van der Waals surface area contributed by atoms with Gasteiger partial charge in [0.25, 0.3) is 5.91 Å². The van der Waals surface area contributed by atoms with Gasteiger partial charge in [-0.2, -0.15) is 10.4 Å². The van der Waals surface area contributed by atoms with Crippen LogP contribution < -0.4 is 9.47 Å². The van der Waals surface area contributed by atoms with E-state index in [0.29, 0.717) is 56.6 Å². The number of ether oxygens (including phenoxy) is 4. The van der Waals surface area contributed by atoms with Crippen molar-refractivity contribution in [3.63, 3.8) is 0 Å². The number of hydrogen-bond acceptors (Lipinski definition) is 9. The van der Waals surface area contributed by atoms with E-state index in [4.69, 9.17) is 18.9 Å². The monoisotopic (exact) mass is 467 g/mol. The maximum absolute atomic E-state index is 12.4. The minimum absolute atomic E-state index is 0.0705. The molecule has 34 heavy (non-hydrogen) atoms. The van der Waals surface area contributed by atoms with Gasteiger partial charge in [-0.25, -0.2) is 4.98 Å². The first-order valence-corrected chi connectivity index (χ1v) is 11.1. The Morgan fingerprint density at radius 2 is 2.03 bits per heavy atom. The number of nitrogens with zero attached hydrogens (tertiary/aromatic N) is 5. The van der Waals surface area contributed by atoms with Crippen LogP contribution in [0.3, 0.4) is 0 Å². The molecule has 0 saturated carbocycles. The molecule has 1 aromatic heterocycles. The molecule has 1 aliphatic rings. The summed E-state index contributed by atoms with van der Waals surface area (Å²) in [7, 11) is 1.57. The lowest BCUT2D eigenvalue weighted by Gasteiger charge is -2.26.